The fourth-order valence-corrected chi connectivity index (χ4v) is 4.38. The lowest BCUT2D eigenvalue weighted by Gasteiger charge is -2.25. The standard InChI is InChI=1S/C20H28N6OS/c1-14(28-15(2)18(27)26-12-8-3-4-9-13-26)17-23-19(21)25-20(24-17)22-16-10-6-5-7-11-16/h5-7,10-11,14-15H,3-4,8-9,12-13H2,1-2H3,(H3,21,22,23,24,25). The van der Waals surface area contributed by atoms with Gasteiger partial charge in [-0.3, -0.25) is 4.79 Å². The summed E-state index contributed by atoms with van der Waals surface area (Å²) >= 11 is 1.56. The van der Waals surface area contributed by atoms with Crippen LogP contribution < -0.4 is 11.1 Å². The van der Waals surface area contributed by atoms with E-state index in [-0.39, 0.29) is 22.4 Å². The van der Waals surface area contributed by atoms with Gasteiger partial charge in [0.25, 0.3) is 0 Å². The largest absolute Gasteiger partial charge is 0.368 e. The SMILES string of the molecule is CC(SC(C)c1nc(N)nc(Nc2ccccc2)n1)C(=O)N1CCCCCC1. The zero-order valence-electron chi connectivity index (χ0n) is 16.5. The molecule has 150 valence electrons. The summed E-state index contributed by atoms with van der Waals surface area (Å²) in [6, 6.07) is 9.67. The number of para-hydroxylation sites is 1. The number of aromatic nitrogens is 3. The summed E-state index contributed by atoms with van der Waals surface area (Å²) in [5.74, 6) is 1.35. The van der Waals surface area contributed by atoms with E-state index in [1.54, 1.807) is 11.8 Å². The average molecular weight is 401 g/mol. The minimum Gasteiger partial charge on any atom is -0.368 e. The van der Waals surface area contributed by atoms with Gasteiger partial charge in [0.05, 0.1) is 10.5 Å². The zero-order valence-corrected chi connectivity index (χ0v) is 17.3. The third kappa shape index (κ3) is 5.58. The first-order chi connectivity index (χ1) is 13.5. The quantitative estimate of drug-likeness (QED) is 0.761. The Labute approximate surface area is 170 Å². The number of nitrogens with one attached hydrogen (secondary N) is 1. The van der Waals surface area contributed by atoms with E-state index in [1.807, 2.05) is 49.1 Å². The van der Waals surface area contributed by atoms with Crippen LogP contribution in [0.25, 0.3) is 0 Å². The number of carbonyl (C=O) groups excluding carboxylic acids is 1. The number of nitrogen functional groups attached to an aromatic ring is 1. The minimum absolute atomic E-state index is 0.0763. The van der Waals surface area contributed by atoms with Gasteiger partial charge >= 0.3 is 0 Å². The number of hydrogen-bond acceptors (Lipinski definition) is 7. The number of anilines is 3. The molecule has 28 heavy (non-hydrogen) atoms. The van der Waals surface area contributed by atoms with Gasteiger partial charge in [-0.05, 0) is 38.8 Å². The molecule has 1 saturated heterocycles. The summed E-state index contributed by atoms with van der Waals surface area (Å²) in [5, 5.41) is 2.92. The second kappa shape index (κ2) is 9.73. The van der Waals surface area contributed by atoms with Crippen LogP contribution in [0.1, 0.15) is 50.6 Å². The van der Waals surface area contributed by atoms with E-state index in [2.05, 4.69) is 20.3 Å². The second-order valence-electron chi connectivity index (χ2n) is 7.03. The Morgan fingerprint density at radius 2 is 1.75 bits per heavy atom. The lowest BCUT2D eigenvalue weighted by atomic mass is 10.2. The minimum atomic E-state index is -0.156. The zero-order chi connectivity index (χ0) is 19.9. The topological polar surface area (TPSA) is 97.0 Å². The molecule has 0 bridgehead atoms. The van der Waals surface area contributed by atoms with Crippen LogP contribution in [0.5, 0.6) is 0 Å². The van der Waals surface area contributed by atoms with Crippen molar-refractivity contribution in [2.75, 3.05) is 24.1 Å². The molecular formula is C20H28N6OS. The first-order valence-corrected chi connectivity index (χ1v) is 10.7. The van der Waals surface area contributed by atoms with Crippen molar-refractivity contribution in [3.8, 4) is 0 Å². The number of benzene rings is 1. The first-order valence-electron chi connectivity index (χ1n) is 9.80. The average Bonchev–Trinajstić information content (AvgIpc) is 2.97. The highest BCUT2D eigenvalue weighted by atomic mass is 32.2. The van der Waals surface area contributed by atoms with Gasteiger partial charge in [0.2, 0.25) is 17.8 Å². The predicted molar refractivity (Wildman–Crippen MR) is 114 cm³/mol. The van der Waals surface area contributed by atoms with E-state index < -0.39 is 0 Å². The monoisotopic (exact) mass is 400 g/mol. The first kappa shape index (κ1) is 20.4. The molecule has 3 rings (SSSR count). The summed E-state index contributed by atoms with van der Waals surface area (Å²) in [5.41, 5.74) is 6.77. The van der Waals surface area contributed by atoms with Crippen LogP contribution in [0.4, 0.5) is 17.6 Å². The second-order valence-corrected chi connectivity index (χ2v) is 8.71. The van der Waals surface area contributed by atoms with Crippen molar-refractivity contribution in [2.45, 2.75) is 50.0 Å². The molecule has 3 N–H and O–H groups in total. The van der Waals surface area contributed by atoms with Gasteiger partial charge in [0.1, 0.15) is 5.82 Å². The Morgan fingerprint density at radius 3 is 2.43 bits per heavy atom. The fourth-order valence-electron chi connectivity index (χ4n) is 3.27. The lowest BCUT2D eigenvalue weighted by molar-refractivity contribution is -0.130. The van der Waals surface area contributed by atoms with Crippen molar-refractivity contribution in [1.82, 2.24) is 19.9 Å². The third-order valence-corrected chi connectivity index (χ3v) is 5.97. The van der Waals surface area contributed by atoms with Crippen LogP contribution in [-0.4, -0.2) is 44.1 Å². The molecule has 8 heteroatoms. The highest BCUT2D eigenvalue weighted by Crippen LogP contribution is 2.31. The number of nitrogens with two attached hydrogens (primary N) is 1. The summed E-state index contributed by atoms with van der Waals surface area (Å²) in [4.78, 5) is 27.8. The maximum atomic E-state index is 12.8. The van der Waals surface area contributed by atoms with Gasteiger partial charge in [-0.15, -0.1) is 11.8 Å². The Kier molecular flexibility index (Phi) is 7.08. The number of carbonyl (C=O) groups is 1. The highest BCUT2D eigenvalue weighted by molar-refractivity contribution is 8.00. The van der Waals surface area contributed by atoms with Crippen LogP contribution in [-0.2, 0) is 4.79 Å². The van der Waals surface area contributed by atoms with Crippen LogP contribution in [0, 0.1) is 0 Å². The Hall–Kier alpha value is -2.35. The third-order valence-electron chi connectivity index (χ3n) is 4.74. The lowest BCUT2D eigenvalue weighted by Crippen LogP contribution is -2.37. The maximum Gasteiger partial charge on any atom is 0.235 e. The highest BCUT2D eigenvalue weighted by Gasteiger charge is 2.25. The van der Waals surface area contributed by atoms with E-state index in [4.69, 9.17) is 5.73 Å². The van der Waals surface area contributed by atoms with Crippen molar-refractivity contribution >= 4 is 35.3 Å². The summed E-state index contributed by atoms with van der Waals surface area (Å²) in [6.45, 7) is 5.68. The van der Waals surface area contributed by atoms with E-state index in [1.165, 1.54) is 12.8 Å². The summed E-state index contributed by atoms with van der Waals surface area (Å²) < 4.78 is 0. The normalized spacial score (nSPS) is 16.9. The molecule has 0 radical (unpaired) electrons. The molecule has 2 aromatic rings. The Bertz CT molecular complexity index is 780. The molecule has 7 nitrogen and oxygen atoms in total. The molecule has 2 atom stereocenters. The van der Waals surface area contributed by atoms with Crippen molar-refractivity contribution in [3.63, 3.8) is 0 Å². The number of rotatable bonds is 6. The molecule has 0 aliphatic carbocycles. The van der Waals surface area contributed by atoms with Gasteiger partial charge in [-0.25, -0.2) is 0 Å². The number of nitrogens with zero attached hydrogens (tertiary/aromatic N) is 4. The van der Waals surface area contributed by atoms with Crippen LogP contribution >= 0.6 is 11.8 Å². The smallest absolute Gasteiger partial charge is 0.235 e. The molecule has 2 unspecified atom stereocenters. The van der Waals surface area contributed by atoms with E-state index in [0.717, 1.165) is 31.6 Å². The summed E-state index contributed by atoms with van der Waals surface area (Å²) in [6.07, 6.45) is 4.61. The fraction of sp³-hybridized carbons (Fsp3) is 0.500. The van der Waals surface area contributed by atoms with Gasteiger partial charge in [0.15, 0.2) is 0 Å². The molecule has 1 aromatic carbocycles. The van der Waals surface area contributed by atoms with Crippen LogP contribution in [0.15, 0.2) is 30.3 Å². The predicted octanol–water partition coefficient (Wildman–Crippen LogP) is 3.78. The molecule has 0 spiro atoms. The van der Waals surface area contributed by atoms with Gasteiger partial charge in [-0.1, -0.05) is 31.0 Å². The van der Waals surface area contributed by atoms with Crippen LogP contribution in [0.3, 0.4) is 0 Å². The maximum absolute atomic E-state index is 12.8. The van der Waals surface area contributed by atoms with E-state index in [9.17, 15) is 4.79 Å². The molecule has 1 amide bonds. The number of thioether (sulfide) groups is 1. The number of hydrogen-bond donors (Lipinski definition) is 2. The van der Waals surface area contributed by atoms with Gasteiger partial charge < -0.3 is 16.0 Å². The molecule has 2 heterocycles. The Balaban J connectivity index is 1.66. The van der Waals surface area contributed by atoms with Crippen molar-refractivity contribution in [2.24, 2.45) is 0 Å². The molecule has 1 aliphatic rings. The molecule has 1 fully saturated rings. The molecule has 1 aromatic heterocycles. The Morgan fingerprint density at radius 1 is 1.07 bits per heavy atom. The number of likely N-dealkylation sites (tertiary alicyclic amines) is 1. The van der Waals surface area contributed by atoms with Crippen molar-refractivity contribution in [1.29, 1.82) is 0 Å². The molecular weight excluding hydrogens is 372 g/mol. The van der Waals surface area contributed by atoms with Crippen molar-refractivity contribution in [3.05, 3.63) is 36.2 Å². The molecule has 0 saturated carbocycles. The van der Waals surface area contributed by atoms with E-state index in [0.29, 0.717) is 11.8 Å². The number of amides is 1. The van der Waals surface area contributed by atoms with Crippen molar-refractivity contribution < 1.29 is 4.79 Å². The summed E-state index contributed by atoms with van der Waals surface area (Å²) in [7, 11) is 0. The van der Waals surface area contributed by atoms with E-state index >= 15 is 0 Å². The van der Waals surface area contributed by atoms with Gasteiger partial charge in [-0.2, -0.15) is 15.0 Å². The molecule has 1 aliphatic heterocycles. The van der Waals surface area contributed by atoms with Crippen LogP contribution in [0.2, 0.25) is 0 Å². The van der Waals surface area contributed by atoms with Gasteiger partial charge in [0, 0.05) is 18.8 Å².